The van der Waals surface area contributed by atoms with Crippen LogP contribution >= 0.6 is 11.6 Å². The molecule has 2 rings (SSSR count). The summed E-state index contributed by atoms with van der Waals surface area (Å²) < 4.78 is 27.0. The van der Waals surface area contributed by atoms with Crippen molar-refractivity contribution in [3.63, 3.8) is 0 Å². The standard InChI is InChI=1S/C17H19ClN2O3S/c1-11-7-9-14(10-8-11)24(22,23)20-13(3)17(21)19-16-6-4-5-15(18)12(16)2/h4-10,13,20H,1-3H3,(H,19,21)/t13-/m0/s1. The molecule has 2 aromatic carbocycles. The number of aryl methyl sites for hydroxylation is 1. The molecule has 0 aliphatic carbocycles. The number of nitrogens with one attached hydrogen (secondary N) is 2. The van der Waals surface area contributed by atoms with Crippen molar-refractivity contribution in [1.82, 2.24) is 4.72 Å². The molecule has 0 bridgehead atoms. The van der Waals surface area contributed by atoms with Gasteiger partial charge in [0.2, 0.25) is 15.9 Å². The lowest BCUT2D eigenvalue weighted by molar-refractivity contribution is -0.117. The molecule has 0 radical (unpaired) electrons. The molecule has 128 valence electrons. The van der Waals surface area contributed by atoms with Crippen molar-refractivity contribution in [2.45, 2.75) is 31.7 Å². The maximum Gasteiger partial charge on any atom is 0.242 e. The van der Waals surface area contributed by atoms with Crippen molar-refractivity contribution in [2.75, 3.05) is 5.32 Å². The van der Waals surface area contributed by atoms with E-state index in [9.17, 15) is 13.2 Å². The topological polar surface area (TPSA) is 75.3 Å². The molecule has 0 heterocycles. The predicted molar refractivity (Wildman–Crippen MR) is 95.8 cm³/mol. The van der Waals surface area contributed by atoms with Gasteiger partial charge in [-0.2, -0.15) is 4.72 Å². The number of halogens is 1. The lowest BCUT2D eigenvalue weighted by atomic mass is 10.2. The van der Waals surface area contributed by atoms with Crippen molar-refractivity contribution in [3.05, 3.63) is 58.6 Å². The summed E-state index contributed by atoms with van der Waals surface area (Å²) in [5.74, 6) is -0.462. The molecule has 0 saturated heterocycles. The zero-order valence-corrected chi connectivity index (χ0v) is 15.2. The Morgan fingerprint density at radius 3 is 2.33 bits per heavy atom. The Kier molecular flexibility index (Phi) is 5.64. The molecule has 24 heavy (non-hydrogen) atoms. The zero-order valence-electron chi connectivity index (χ0n) is 13.6. The maximum atomic E-state index is 12.3. The molecule has 0 aliphatic heterocycles. The van der Waals surface area contributed by atoms with Gasteiger partial charge in [-0.15, -0.1) is 0 Å². The molecular formula is C17H19ClN2O3S. The number of hydrogen-bond donors (Lipinski definition) is 2. The average molecular weight is 367 g/mol. The van der Waals surface area contributed by atoms with Gasteiger partial charge in [0.1, 0.15) is 0 Å². The van der Waals surface area contributed by atoms with Crippen LogP contribution in [0, 0.1) is 13.8 Å². The number of benzene rings is 2. The summed E-state index contributed by atoms with van der Waals surface area (Å²) in [5, 5.41) is 3.21. The van der Waals surface area contributed by atoms with Crippen LogP contribution in [0.4, 0.5) is 5.69 Å². The largest absolute Gasteiger partial charge is 0.324 e. The van der Waals surface area contributed by atoms with E-state index in [0.29, 0.717) is 10.7 Å². The van der Waals surface area contributed by atoms with Gasteiger partial charge in [-0.05, 0) is 50.6 Å². The summed E-state index contributed by atoms with van der Waals surface area (Å²) in [4.78, 5) is 12.4. The van der Waals surface area contributed by atoms with Crippen molar-refractivity contribution in [3.8, 4) is 0 Å². The van der Waals surface area contributed by atoms with Crippen LogP contribution < -0.4 is 10.0 Å². The van der Waals surface area contributed by atoms with Gasteiger partial charge in [-0.1, -0.05) is 35.4 Å². The Morgan fingerprint density at radius 2 is 1.71 bits per heavy atom. The fourth-order valence-corrected chi connectivity index (χ4v) is 3.43. The Bertz CT molecular complexity index is 849. The Hall–Kier alpha value is -1.89. The SMILES string of the molecule is Cc1ccc(S(=O)(=O)N[C@@H](C)C(=O)Nc2cccc(Cl)c2C)cc1. The third kappa shape index (κ3) is 4.35. The van der Waals surface area contributed by atoms with Gasteiger partial charge in [0.15, 0.2) is 0 Å². The highest BCUT2D eigenvalue weighted by Crippen LogP contribution is 2.23. The first-order chi connectivity index (χ1) is 11.2. The summed E-state index contributed by atoms with van der Waals surface area (Å²) in [5.41, 5.74) is 2.23. The van der Waals surface area contributed by atoms with E-state index in [1.807, 2.05) is 6.92 Å². The summed E-state index contributed by atoms with van der Waals surface area (Å²) in [6, 6.07) is 10.6. The highest BCUT2D eigenvalue weighted by Gasteiger charge is 2.22. The minimum absolute atomic E-state index is 0.117. The van der Waals surface area contributed by atoms with E-state index in [4.69, 9.17) is 11.6 Å². The van der Waals surface area contributed by atoms with Crippen LogP contribution in [0.15, 0.2) is 47.4 Å². The van der Waals surface area contributed by atoms with Crippen LogP contribution in [0.2, 0.25) is 5.02 Å². The average Bonchev–Trinajstić information content (AvgIpc) is 2.51. The predicted octanol–water partition coefficient (Wildman–Crippen LogP) is 3.26. The number of carbonyl (C=O) groups excluding carboxylic acids is 1. The highest BCUT2D eigenvalue weighted by molar-refractivity contribution is 7.89. The van der Waals surface area contributed by atoms with Gasteiger partial charge in [-0.3, -0.25) is 4.79 Å². The van der Waals surface area contributed by atoms with Gasteiger partial charge < -0.3 is 5.32 Å². The summed E-state index contributed by atoms with van der Waals surface area (Å²) in [6.45, 7) is 5.13. The van der Waals surface area contributed by atoms with E-state index in [1.54, 1.807) is 37.3 Å². The third-order valence-electron chi connectivity index (χ3n) is 3.58. The van der Waals surface area contributed by atoms with Crippen molar-refractivity contribution in [1.29, 1.82) is 0 Å². The minimum atomic E-state index is -3.77. The third-order valence-corrected chi connectivity index (χ3v) is 5.55. The molecular weight excluding hydrogens is 348 g/mol. The molecule has 2 N–H and O–H groups in total. The first kappa shape index (κ1) is 18.4. The summed E-state index contributed by atoms with van der Waals surface area (Å²) in [7, 11) is -3.77. The number of hydrogen-bond acceptors (Lipinski definition) is 3. The molecule has 0 saturated carbocycles. The molecule has 1 amide bonds. The number of rotatable bonds is 5. The number of anilines is 1. The van der Waals surface area contributed by atoms with Gasteiger partial charge >= 0.3 is 0 Å². The van der Waals surface area contributed by atoms with Gasteiger partial charge in [0.25, 0.3) is 0 Å². The monoisotopic (exact) mass is 366 g/mol. The van der Waals surface area contributed by atoms with Crippen LogP contribution in [-0.4, -0.2) is 20.4 Å². The number of carbonyl (C=O) groups is 1. The fourth-order valence-electron chi connectivity index (χ4n) is 2.06. The zero-order chi connectivity index (χ0) is 17.9. The molecule has 0 aromatic heterocycles. The molecule has 0 unspecified atom stereocenters. The van der Waals surface area contributed by atoms with Crippen molar-refractivity contribution < 1.29 is 13.2 Å². The van der Waals surface area contributed by atoms with Crippen LogP contribution in [0.25, 0.3) is 0 Å². The molecule has 2 aromatic rings. The fraction of sp³-hybridized carbons (Fsp3) is 0.235. The lowest BCUT2D eigenvalue weighted by Gasteiger charge is -2.16. The van der Waals surface area contributed by atoms with Crippen LogP contribution in [-0.2, 0) is 14.8 Å². The first-order valence-electron chi connectivity index (χ1n) is 7.35. The minimum Gasteiger partial charge on any atom is -0.324 e. The van der Waals surface area contributed by atoms with E-state index in [-0.39, 0.29) is 4.90 Å². The summed E-state index contributed by atoms with van der Waals surface area (Å²) >= 11 is 6.01. The van der Waals surface area contributed by atoms with Crippen LogP contribution in [0.1, 0.15) is 18.1 Å². The lowest BCUT2D eigenvalue weighted by Crippen LogP contribution is -2.41. The van der Waals surface area contributed by atoms with Gasteiger partial charge in [0.05, 0.1) is 10.9 Å². The Labute approximate surface area is 147 Å². The molecule has 5 nitrogen and oxygen atoms in total. The van der Waals surface area contributed by atoms with E-state index in [2.05, 4.69) is 10.0 Å². The molecule has 0 spiro atoms. The van der Waals surface area contributed by atoms with E-state index in [0.717, 1.165) is 11.1 Å². The smallest absolute Gasteiger partial charge is 0.242 e. The van der Waals surface area contributed by atoms with Crippen LogP contribution in [0.5, 0.6) is 0 Å². The second kappa shape index (κ2) is 7.34. The first-order valence-corrected chi connectivity index (χ1v) is 9.22. The van der Waals surface area contributed by atoms with Crippen LogP contribution in [0.3, 0.4) is 0 Å². The van der Waals surface area contributed by atoms with Gasteiger partial charge in [0, 0.05) is 10.7 Å². The molecule has 0 aliphatic rings. The van der Waals surface area contributed by atoms with E-state index < -0.39 is 22.0 Å². The normalized spacial score (nSPS) is 12.7. The second-order valence-electron chi connectivity index (χ2n) is 5.56. The van der Waals surface area contributed by atoms with Crippen molar-refractivity contribution >= 4 is 33.2 Å². The van der Waals surface area contributed by atoms with E-state index in [1.165, 1.54) is 19.1 Å². The van der Waals surface area contributed by atoms with E-state index >= 15 is 0 Å². The molecule has 1 atom stereocenters. The van der Waals surface area contributed by atoms with Gasteiger partial charge in [-0.25, -0.2) is 8.42 Å². The Morgan fingerprint density at radius 1 is 1.08 bits per heavy atom. The highest BCUT2D eigenvalue weighted by atomic mass is 35.5. The number of amides is 1. The van der Waals surface area contributed by atoms with Crippen molar-refractivity contribution in [2.24, 2.45) is 0 Å². The molecule has 0 fully saturated rings. The molecule has 7 heteroatoms. The number of sulfonamides is 1. The Balaban J connectivity index is 2.11. The second-order valence-corrected chi connectivity index (χ2v) is 7.68. The quantitative estimate of drug-likeness (QED) is 0.852. The summed E-state index contributed by atoms with van der Waals surface area (Å²) in [6.07, 6.45) is 0. The maximum absolute atomic E-state index is 12.3.